The van der Waals surface area contributed by atoms with Gasteiger partial charge >= 0.3 is 0 Å². The SMILES string of the molecule is CCC[N+](C)(c1c(SC)nn2c(-c3c(C)cc(C)cc3OC)cccc12)C1CCOC1. The van der Waals surface area contributed by atoms with Gasteiger partial charge in [0.25, 0.3) is 0 Å². The van der Waals surface area contributed by atoms with Crippen LogP contribution in [0.1, 0.15) is 30.9 Å². The Bertz CT molecular complexity index is 1090. The van der Waals surface area contributed by atoms with Gasteiger partial charge in [-0.25, -0.2) is 4.52 Å². The maximum atomic E-state index is 5.82. The fourth-order valence-electron chi connectivity index (χ4n) is 5.17. The third-order valence-corrected chi connectivity index (χ3v) is 7.29. The van der Waals surface area contributed by atoms with Gasteiger partial charge in [-0.2, -0.15) is 5.10 Å². The number of aryl methyl sites for hydroxylation is 2. The highest BCUT2D eigenvalue weighted by molar-refractivity contribution is 7.98. The molecule has 1 aliphatic rings. The normalized spacial score (nSPS) is 18.5. The van der Waals surface area contributed by atoms with E-state index in [9.17, 15) is 0 Å². The quantitative estimate of drug-likeness (QED) is 0.360. The Labute approximate surface area is 189 Å². The molecule has 4 rings (SSSR count). The number of aromatic nitrogens is 2. The second-order valence-corrected chi connectivity index (χ2v) is 9.53. The number of pyridine rings is 1. The zero-order valence-corrected chi connectivity index (χ0v) is 20.4. The Morgan fingerprint density at radius 1 is 1.29 bits per heavy atom. The summed E-state index contributed by atoms with van der Waals surface area (Å²) in [5, 5.41) is 6.23. The Hall–Kier alpha value is -2.02. The maximum absolute atomic E-state index is 5.82. The summed E-state index contributed by atoms with van der Waals surface area (Å²) in [6, 6.07) is 11.3. The van der Waals surface area contributed by atoms with Crippen molar-refractivity contribution in [2.24, 2.45) is 0 Å². The minimum Gasteiger partial charge on any atom is -0.496 e. The second kappa shape index (κ2) is 8.85. The molecule has 0 spiro atoms. The molecule has 0 radical (unpaired) electrons. The number of nitrogens with zero attached hydrogens (tertiary/aromatic N) is 3. The molecule has 3 aromatic rings. The first-order chi connectivity index (χ1) is 14.9. The van der Waals surface area contributed by atoms with Crippen molar-refractivity contribution >= 4 is 23.0 Å². The molecule has 1 saturated heterocycles. The van der Waals surface area contributed by atoms with E-state index in [1.165, 1.54) is 22.3 Å². The third-order valence-electron chi connectivity index (χ3n) is 6.62. The van der Waals surface area contributed by atoms with E-state index in [4.69, 9.17) is 14.6 Å². The molecule has 2 unspecified atom stereocenters. The molecule has 0 saturated carbocycles. The van der Waals surface area contributed by atoms with E-state index in [0.717, 1.165) is 59.1 Å². The molecular weight excluding hydrogens is 406 g/mol. The van der Waals surface area contributed by atoms with E-state index in [1.807, 2.05) is 0 Å². The van der Waals surface area contributed by atoms with Crippen molar-refractivity contribution in [1.82, 2.24) is 14.1 Å². The van der Waals surface area contributed by atoms with Crippen molar-refractivity contribution < 1.29 is 9.47 Å². The Morgan fingerprint density at radius 3 is 2.74 bits per heavy atom. The number of hydrogen-bond donors (Lipinski definition) is 0. The molecule has 3 heterocycles. The van der Waals surface area contributed by atoms with E-state index in [1.54, 1.807) is 18.9 Å². The first-order valence-corrected chi connectivity index (χ1v) is 12.3. The molecule has 0 N–H and O–H groups in total. The van der Waals surface area contributed by atoms with Crippen molar-refractivity contribution in [3.05, 3.63) is 41.5 Å². The van der Waals surface area contributed by atoms with Crippen molar-refractivity contribution in [2.45, 2.75) is 44.7 Å². The minimum atomic E-state index is 0.457. The van der Waals surface area contributed by atoms with Crippen LogP contribution >= 0.6 is 11.8 Å². The van der Waals surface area contributed by atoms with Crippen molar-refractivity contribution in [3.8, 4) is 17.0 Å². The van der Waals surface area contributed by atoms with Crippen molar-refractivity contribution in [1.29, 1.82) is 0 Å². The summed E-state index contributed by atoms with van der Waals surface area (Å²) >= 11 is 1.73. The van der Waals surface area contributed by atoms with Crippen LogP contribution in [0, 0.1) is 13.8 Å². The monoisotopic (exact) mass is 440 g/mol. The van der Waals surface area contributed by atoms with Crippen LogP contribution in [-0.2, 0) is 4.74 Å². The predicted octanol–water partition coefficient (Wildman–Crippen LogP) is 5.48. The molecule has 2 aromatic heterocycles. The Kier molecular flexibility index (Phi) is 6.33. The standard InChI is InChI=1S/C25H34N3O2S/c1-7-12-28(4,19-11-13-30-16-19)24-21-10-8-9-20(27(21)26-25(24)31-6)23-18(3)14-17(2)15-22(23)29-5/h8-10,14-15,19H,7,11-13,16H2,1-6H3/q+1. The second-order valence-electron chi connectivity index (χ2n) is 8.73. The summed E-state index contributed by atoms with van der Waals surface area (Å²) in [5.74, 6) is 0.891. The highest BCUT2D eigenvalue weighted by Gasteiger charge is 2.41. The van der Waals surface area contributed by atoms with Gasteiger partial charge in [-0.15, -0.1) is 11.8 Å². The number of ether oxygens (including phenoxy) is 2. The lowest BCUT2D eigenvalue weighted by atomic mass is 10.0. The minimum absolute atomic E-state index is 0.457. The fraction of sp³-hybridized carbons (Fsp3) is 0.480. The van der Waals surface area contributed by atoms with Crippen LogP contribution < -0.4 is 9.22 Å². The van der Waals surface area contributed by atoms with Gasteiger partial charge < -0.3 is 9.47 Å². The van der Waals surface area contributed by atoms with Crippen LogP contribution in [0.25, 0.3) is 16.8 Å². The number of fused-ring (bicyclic) bond motifs is 1. The molecule has 0 bridgehead atoms. The highest BCUT2D eigenvalue weighted by atomic mass is 32.2. The lowest BCUT2D eigenvalue weighted by Gasteiger charge is -2.38. The molecule has 31 heavy (non-hydrogen) atoms. The summed E-state index contributed by atoms with van der Waals surface area (Å²) in [6.45, 7) is 9.25. The van der Waals surface area contributed by atoms with Crippen molar-refractivity contribution in [3.63, 3.8) is 0 Å². The number of hydrogen-bond acceptors (Lipinski definition) is 4. The number of methoxy groups -OCH3 is 1. The summed E-state index contributed by atoms with van der Waals surface area (Å²) < 4.78 is 14.6. The lowest BCUT2D eigenvalue weighted by Crippen LogP contribution is -2.54. The summed E-state index contributed by atoms with van der Waals surface area (Å²) in [5.41, 5.74) is 7.06. The smallest absolute Gasteiger partial charge is 0.193 e. The van der Waals surface area contributed by atoms with Gasteiger partial charge in [0.1, 0.15) is 17.3 Å². The van der Waals surface area contributed by atoms with Crippen LogP contribution in [0.4, 0.5) is 5.69 Å². The van der Waals surface area contributed by atoms with Gasteiger partial charge in [0.15, 0.2) is 10.7 Å². The molecule has 5 nitrogen and oxygen atoms in total. The van der Waals surface area contributed by atoms with E-state index < -0.39 is 0 Å². The molecule has 1 aliphatic heterocycles. The number of quaternary nitrogens is 1. The third kappa shape index (κ3) is 3.75. The topological polar surface area (TPSA) is 35.8 Å². The Balaban J connectivity index is 1.99. The summed E-state index contributed by atoms with van der Waals surface area (Å²) in [6.07, 6.45) is 4.33. The molecule has 166 valence electrons. The number of benzene rings is 1. The molecule has 1 aromatic carbocycles. The molecule has 0 aliphatic carbocycles. The number of thioether (sulfide) groups is 1. The molecule has 6 heteroatoms. The first-order valence-electron chi connectivity index (χ1n) is 11.1. The molecule has 0 amide bonds. The zero-order valence-electron chi connectivity index (χ0n) is 19.6. The summed E-state index contributed by atoms with van der Waals surface area (Å²) in [7, 11) is 4.11. The average Bonchev–Trinajstić information content (AvgIpc) is 3.41. The van der Waals surface area contributed by atoms with Crippen LogP contribution in [0.15, 0.2) is 35.4 Å². The first kappa shape index (κ1) is 22.2. The van der Waals surface area contributed by atoms with Gasteiger partial charge in [-0.3, -0.25) is 4.48 Å². The number of likely N-dealkylation sites (N-methyl/N-ethyl adjacent to an activating group) is 1. The van der Waals surface area contributed by atoms with Crippen LogP contribution in [-0.4, -0.2) is 55.8 Å². The Morgan fingerprint density at radius 2 is 2.10 bits per heavy atom. The van der Waals surface area contributed by atoms with Gasteiger partial charge in [0, 0.05) is 12.0 Å². The summed E-state index contributed by atoms with van der Waals surface area (Å²) in [4.78, 5) is 0. The van der Waals surface area contributed by atoms with E-state index >= 15 is 0 Å². The van der Waals surface area contributed by atoms with Crippen LogP contribution in [0.3, 0.4) is 0 Å². The van der Waals surface area contributed by atoms with Gasteiger partial charge in [-0.05, 0) is 55.9 Å². The van der Waals surface area contributed by atoms with E-state index in [0.29, 0.717) is 6.04 Å². The maximum Gasteiger partial charge on any atom is 0.193 e. The van der Waals surface area contributed by atoms with Gasteiger partial charge in [0.2, 0.25) is 0 Å². The average molecular weight is 441 g/mol. The van der Waals surface area contributed by atoms with Crippen molar-refractivity contribution in [2.75, 3.05) is 40.2 Å². The number of rotatable bonds is 7. The molecule has 1 fully saturated rings. The van der Waals surface area contributed by atoms with Gasteiger partial charge in [-0.1, -0.05) is 19.1 Å². The van der Waals surface area contributed by atoms with E-state index in [2.05, 4.69) is 68.9 Å². The zero-order chi connectivity index (χ0) is 22.2. The fourth-order valence-corrected chi connectivity index (χ4v) is 5.84. The lowest BCUT2D eigenvalue weighted by molar-refractivity contribution is 0.160. The predicted molar refractivity (Wildman–Crippen MR) is 131 cm³/mol. The highest BCUT2D eigenvalue weighted by Crippen LogP contribution is 2.42. The largest absolute Gasteiger partial charge is 0.496 e. The molecule has 2 atom stereocenters. The molecular formula is C25H34N3O2S+. The van der Waals surface area contributed by atoms with Gasteiger partial charge in [0.05, 0.1) is 39.6 Å². The van der Waals surface area contributed by atoms with Crippen LogP contribution in [0.2, 0.25) is 0 Å². The van der Waals surface area contributed by atoms with Crippen LogP contribution in [0.5, 0.6) is 5.75 Å². The van der Waals surface area contributed by atoms with E-state index in [-0.39, 0.29) is 0 Å².